The monoisotopic (exact) mass is 496 g/mol. The number of carboxylic acid groups (broad SMARTS) is 1. The zero-order chi connectivity index (χ0) is 25.3. The third-order valence-corrected chi connectivity index (χ3v) is 6.91. The second kappa shape index (κ2) is 9.91. The lowest BCUT2D eigenvalue weighted by atomic mass is 9.86. The van der Waals surface area contributed by atoms with E-state index in [-0.39, 0.29) is 6.42 Å². The number of nitrogens with zero attached hydrogens (tertiary/aromatic N) is 2. The first-order valence-corrected chi connectivity index (χ1v) is 12.3. The molecule has 0 amide bonds. The Balaban J connectivity index is 1.36. The van der Waals surface area contributed by atoms with Crippen molar-refractivity contribution < 1.29 is 27.8 Å². The molecule has 8 heteroatoms. The van der Waals surface area contributed by atoms with Gasteiger partial charge in [-0.15, -0.1) is 0 Å². The molecule has 2 aromatic carbocycles. The van der Waals surface area contributed by atoms with E-state index in [0.29, 0.717) is 30.3 Å². The van der Waals surface area contributed by atoms with E-state index in [0.717, 1.165) is 73.2 Å². The van der Waals surface area contributed by atoms with Crippen LogP contribution >= 0.6 is 0 Å². The van der Waals surface area contributed by atoms with Gasteiger partial charge in [-0.2, -0.15) is 13.2 Å². The summed E-state index contributed by atoms with van der Waals surface area (Å²) in [6.07, 6.45) is 4.00. The van der Waals surface area contributed by atoms with Gasteiger partial charge in [0.25, 0.3) is 0 Å². The van der Waals surface area contributed by atoms with Gasteiger partial charge >= 0.3 is 12.1 Å². The number of halogens is 3. The van der Waals surface area contributed by atoms with Crippen molar-refractivity contribution in [2.45, 2.75) is 70.1 Å². The van der Waals surface area contributed by atoms with E-state index in [2.05, 4.69) is 4.98 Å². The van der Waals surface area contributed by atoms with Crippen molar-refractivity contribution >= 4 is 5.97 Å². The predicted molar refractivity (Wildman–Crippen MR) is 128 cm³/mol. The van der Waals surface area contributed by atoms with Gasteiger partial charge in [-0.25, -0.2) is 9.97 Å². The standard InChI is InChI=1S/C28H27F3N2O3/c29-28(30,31)21-11-7-19(8-12-21)27-32-15-20(26(33-27)18-5-6-18)16-36-24-13-9-17(10-14-25(34)35)22-3-1-2-4-23(22)24/h7-9,11-13,15,18H,1-6,10,14,16H2,(H,34,35). The SMILES string of the molecule is O=C(O)CCc1ccc(OCc2cnc(-c3ccc(C(F)(F)F)cc3)nc2C2CC2)c2c1CCCC2. The van der Waals surface area contributed by atoms with E-state index in [1.54, 1.807) is 6.20 Å². The zero-order valence-electron chi connectivity index (χ0n) is 19.8. The largest absolute Gasteiger partial charge is 0.488 e. The van der Waals surface area contributed by atoms with Gasteiger partial charge in [0, 0.05) is 29.7 Å². The Morgan fingerprint density at radius 1 is 1.00 bits per heavy atom. The lowest BCUT2D eigenvalue weighted by Crippen LogP contribution is -2.11. The molecule has 2 aliphatic rings. The summed E-state index contributed by atoms with van der Waals surface area (Å²) in [7, 11) is 0. The number of carboxylic acids is 1. The minimum Gasteiger partial charge on any atom is -0.488 e. The third-order valence-electron chi connectivity index (χ3n) is 6.91. The van der Waals surface area contributed by atoms with Crippen molar-refractivity contribution in [3.8, 4) is 17.1 Å². The molecule has 3 aromatic rings. The van der Waals surface area contributed by atoms with E-state index < -0.39 is 17.7 Å². The van der Waals surface area contributed by atoms with E-state index in [1.807, 2.05) is 12.1 Å². The summed E-state index contributed by atoms with van der Waals surface area (Å²) in [5, 5.41) is 9.07. The van der Waals surface area contributed by atoms with Crippen LogP contribution in [-0.2, 0) is 36.8 Å². The van der Waals surface area contributed by atoms with Gasteiger partial charge in [-0.1, -0.05) is 18.2 Å². The lowest BCUT2D eigenvalue weighted by Gasteiger charge is -2.23. The van der Waals surface area contributed by atoms with Gasteiger partial charge in [-0.3, -0.25) is 4.79 Å². The first-order chi connectivity index (χ1) is 17.3. The van der Waals surface area contributed by atoms with Crippen LogP contribution in [-0.4, -0.2) is 21.0 Å². The lowest BCUT2D eigenvalue weighted by molar-refractivity contribution is -0.138. The molecule has 0 aliphatic heterocycles. The van der Waals surface area contributed by atoms with Crippen LogP contribution in [0.25, 0.3) is 11.4 Å². The highest BCUT2D eigenvalue weighted by Crippen LogP contribution is 2.42. The average Bonchev–Trinajstić information content (AvgIpc) is 3.71. The molecule has 0 spiro atoms. The highest BCUT2D eigenvalue weighted by atomic mass is 19.4. The highest BCUT2D eigenvalue weighted by Gasteiger charge is 2.31. The Bertz CT molecular complexity index is 1270. The van der Waals surface area contributed by atoms with Crippen molar-refractivity contribution in [3.63, 3.8) is 0 Å². The predicted octanol–water partition coefficient (Wildman–Crippen LogP) is 6.51. The normalized spacial score (nSPS) is 15.4. The molecule has 5 nitrogen and oxygen atoms in total. The van der Waals surface area contributed by atoms with Crippen LogP contribution in [0.4, 0.5) is 13.2 Å². The van der Waals surface area contributed by atoms with Gasteiger partial charge < -0.3 is 9.84 Å². The van der Waals surface area contributed by atoms with Gasteiger partial charge in [0.05, 0.1) is 11.3 Å². The first-order valence-electron chi connectivity index (χ1n) is 12.3. The van der Waals surface area contributed by atoms with Crippen LogP contribution < -0.4 is 4.74 Å². The molecule has 0 bridgehead atoms. The van der Waals surface area contributed by atoms with Crippen LogP contribution in [0, 0.1) is 0 Å². The van der Waals surface area contributed by atoms with Gasteiger partial charge in [0.1, 0.15) is 12.4 Å². The highest BCUT2D eigenvalue weighted by molar-refractivity contribution is 5.67. The van der Waals surface area contributed by atoms with Crippen molar-refractivity contribution in [1.82, 2.24) is 9.97 Å². The molecule has 1 fully saturated rings. The number of alkyl halides is 3. The molecule has 1 heterocycles. The number of aromatic nitrogens is 2. The fourth-order valence-electron chi connectivity index (χ4n) is 4.86. The summed E-state index contributed by atoms with van der Waals surface area (Å²) in [5.41, 5.74) is 5.09. The molecule has 0 saturated heterocycles. The van der Waals surface area contributed by atoms with Crippen molar-refractivity contribution in [2.75, 3.05) is 0 Å². The van der Waals surface area contributed by atoms with Gasteiger partial charge in [-0.05, 0) is 79.8 Å². The number of carbonyl (C=O) groups is 1. The third kappa shape index (κ3) is 5.37. The molecule has 188 valence electrons. The summed E-state index contributed by atoms with van der Waals surface area (Å²) in [6.45, 7) is 0.306. The number of aliphatic carboxylic acids is 1. The summed E-state index contributed by atoms with van der Waals surface area (Å²) in [4.78, 5) is 20.2. The van der Waals surface area contributed by atoms with Crippen LogP contribution in [0.3, 0.4) is 0 Å². The number of ether oxygens (including phenoxy) is 1. The van der Waals surface area contributed by atoms with E-state index >= 15 is 0 Å². The van der Waals surface area contributed by atoms with E-state index in [1.165, 1.54) is 23.3 Å². The summed E-state index contributed by atoms with van der Waals surface area (Å²) >= 11 is 0. The molecule has 0 radical (unpaired) electrons. The smallest absolute Gasteiger partial charge is 0.416 e. The Hall–Kier alpha value is -3.42. The molecule has 36 heavy (non-hydrogen) atoms. The fourth-order valence-corrected chi connectivity index (χ4v) is 4.86. The molecule has 2 aliphatic carbocycles. The molecular weight excluding hydrogens is 469 g/mol. The van der Waals surface area contributed by atoms with Crippen LogP contribution in [0.5, 0.6) is 5.75 Å². The zero-order valence-corrected chi connectivity index (χ0v) is 19.8. The van der Waals surface area contributed by atoms with Crippen molar-refractivity contribution in [3.05, 3.63) is 76.1 Å². The summed E-state index contributed by atoms with van der Waals surface area (Å²) in [5.74, 6) is 0.742. The number of benzene rings is 2. The maximum absolute atomic E-state index is 12.9. The molecular formula is C28H27F3N2O3. The van der Waals surface area contributed by atoms with Crippen LogP contribution in [0.1, 0.15) is 71.5 Å². The van der Waals surface area contributed by atoms with E-state index in [4.69, 9.17) is 14.8 Å². The molecule has 1 saturated carbocycles. The number of hydrogen-bond acceptors (Lipinski definition) is 4. The second-order valence-corrected chi connectivity index (χ2v) is 9.52. The first kappa shape index (κ1) is 24.3. The maximum atomic E-state index is 12.9. The van der Waals surface area contributed by atoms with E-state index in [9.17, 15) is 18.0 Å². The Morgan fingerprint density at radius 3 is 2.39 bits per heavy atom. The van der Waals surface area contributed by atoms with Gasteiger partial charge in [0.2, 0.25) is 0 Å². The maximum Gasteiger partial charge on any atom is 0.416 e. The van der Waals surface area contributed by atoms with Gasteiger partial charge in [0.15, 0.2) is 5.82 Å². The summed E-state index contributed by atoms with van der Waals surface area (Å²) < 4.78 is 45.0. The Labute approximate surface area is 207 Å². The number of fused-ring (bicyclic) bond motifs is 1. The number of aryl methyl sites for hydroxylation is 1. The van der Waals surface area contributed by atoms with Crippen LogP contribution in [0.2, 0.25) is 0 Å². The minimum absolute atomic E-state index is 0.111. The fraction of sp³-hybridized carbons (Fsp3) is 0.393. The molecule has 1 N–H and O–H groups in total. The molecule has 0 atom stereocenters. The Kier molecular flexibility index (Phi) is 6.69. The topological polar surface area (TPSA) is 72.3 Å². The number of hydrogen-bond donors (Lipinski definition) is 1. The molecule has 1 aromatic heterocycles. The van der Waals surface area contributed by atoms with Crippen LogP contribution in [0.15, 0.2) is 42.6 Å². The Morgan fingerprint density at radius 2 is 1.72 bits per heavy atom. The average molecular weight is 497 g/mol. The quantitative estimate of drug-likeness (QED) is 0.385. The summed E-state index contributed by atoms with van der Waals surface area (Å²) in [6, 6.07) is 8.84. The van der Waals surface area contributed by atoms with Crippen molar-refractivity contribution in [2.24, 2.45) is 0 Å². The number of rotatable bonds is 8. The molecule has 5 rings (SSSR count). The molecule has 0 unspecified atom stereocenters. The van der Waals surface area contributed by atoms with Crippen molar-refractivity contribution in [1.29, 1.82) is 0 Å². The second-order valence-electron chi connectivity index (χ2n) is 9.52. The minimum atomic E-state index is -4.38.